The third-order valence-corrected chi connectivity index (χ3v) is 2.79. The Balaban J connectivity index is 2.50. The molecule has 3 nitrogen and oxygen atoms in total. The molecule has 1 aromatic heterocycles. The van der Waals surface area contributed by atoms with Crippen LogP contribution < -0.4 is 10.5 Å². The summed E-state index contributed by atoms with van der Waals surface area (Å²) in [7, 11) is 1.62. The zero-order chi connectivity index (χ0) is 12.3. The van der Waals surface area contributed by atoms with Gasteiger partial charge < -0.3 is 10.5 Å². The Bertz CT molecular complexity index is 523. The van der Waals surface area contributed by atoms with Gasteiger partial charge in [0.05, 0.1) is 7.11 Å². The van der Waals surface area contributed by atoms with Gasteiger partial charge in [0.1, 0.15) is 0 Å². The summed E-state index contributed by atoms with van der Waals surface area (Å²) in [6.07, 6.45) is 1.75. The summed E-state index contributed by atoms with van der Waals surface area (Å²) in [4.78, 5) is 4.11. The first-order valence-corrected chi connectivity index (χ1v) is 5.54. The lowest BCUT2D eigenvalue weighted by Gasteiger charge is -2.09. The summed E-state index contributed by atoms with van der Waals surface area (Å²) >= 11 is 0. The Labute approximate surface area is 101 Å². The number of nitrogens with two attached hydrogens (primary N) is 1. The molecule has 88 valence electrons. The standard InChI is InChI=1S/C14H16N2O/c1-10-3-4-11(9-15)7-13(10)12-5-6-16-14(8-12)17-2/h3-8H,9,15H2,1-2H3. The van der Waals surface area contributed by atoms with Gasteiger partial charge in [-0.15, -0.1) is 0 Å². The van der Waals surface area contributed by atoms with Crippen molar-refractivity contribution in [2.45, 2.75) is 13.5 Å². The molecule has 0 atom stereocenters. The molecule has 0 spiro atoms. The Morgan fingerprint density at radius 1 is 1.24 bits per heavy atom. The topological polar surface area (TPSA) is 48.1 Å². The second kappa shape index (κ2) is 4.97. The summed E-state index contributed by atoms with van der Waals surface area (Å²) in [5.41, 5.74) is 10.3. The van der Waals surface area contributed by atoms with E-state index in [1.165, 1.54) is 11.1 Å². The van der Waals surface area contributed by atoms with E-state index in [0.29, 0.717) is 12.4 Å². The highest BCUT2D eigenvalue weighted by molar-refractivity contribution is 5.68. The van der Waals surface area contributed by atoms with Crippen molar-refractivity contribution < 1.29 is 4.74 Å². The molecular weight excluding hydrogens is 212 g/mol. The monoisotopic (exact) mass is 228 g/mol. The number of hydrogen-bond donors (Lipinski definition) is 1. The van der Waals surface area contributed by atoms with Crippen LogP contribution in [0.15, 0.2) is 36.5 Å². The van der Waals surface area contributed by atoms with Crippen LogP contribution in [0, 0.1) is 6.92 Å². The number of pyridine rings is 1. The van der Waals surface area contributed by atoms with E-state index in [0.717, 1.165) is 11.1 Å². The number of methoxy groups -OCH3 is 1. The maximum atomic E-state index is 5.67. The minimum absolute atomic E-state index is 0.551. The van der Waals surface area contributed by atoms with Crippen molar-refractivity contribution in [2.24, 2.45) is 5.73 Å². The minimum atomic E-state index is 0.551. The van der Waals surface area contributed by atoms with Crippen molar-refractivity contribution in [1.82, 2.24) is 4.98 Å². The molecule has 2 N–H and O–H groups in total. The van der Waals surface area contributed by atoms with Crippen LogP contribution >= 0.6 is 0 Å². The summed E-state index contributed by atoms with van der Waals surface area (Å²) in [6.45, 7) is 2.64. The quantitative estimate of drug-likeness (QED) is 0.878. The number of ether oxygens (including phenoxy) is 1. The Hall–Kier alpha value is -1.87. The maximum Gasteiger partial charge on any atom is 0.213 e. The third kappa shape index (κ3) is 2.45. The molecule has 17 heavy (non-hydrogen) atoms. The summed E-state index contributed by atoms with van der Waals surface area (Å²) in [5.74, 6) is 0.625. The van der Waals surface area contributed by atoms with Crippen LogP contribution in [0.3, 0.4) is 0 Å². The van der Waals surface area contributed by atoms with Gasteiger partial charge in [-0.25, -0.2) is 4.98 Å². The first-order valence-electron chi connectivity index (χ1n) is 5.54. The first kappa shape index (κ1) is 11.6. The fourth-order valence-corrected chi connectivity index (χ4v) is 1.80. The molecule has 1 aromatic carbocycles. The number of nitrogens with zero attached hydrogens (tertiary/aromatic N) is 1. The highest BCUT2D eigenvalue weighted by Gasteiger charge is 2.04. The summed E-state index contributed by atoms with van der Waals surface area (Å²) in [6, 6.07) is 10.2. The Kier molecular flexibility index (Phi) is 3.40. The smallest absolute Gasteiger partial charge is 0.213 e. The van der Waals surface area contributed by atoms with E-state index in [9.17, 15) is 0 Å². The van der Waals surface area contributed by atoms with Crippen molar-refractivity contribution in [3.8, 4) is 17.0 Å². The van der Waals surface area contributed by atoms with Gasteiger partial charge in [0.2, 0.25) is 5.88 Å². The largest absolute Gasteiger partial charge is 0.481 e. The van der Waals surface area contributed by atoms with E-state index < -0.39 is 0 Å². The normalized spacial score (nSPS) is 10.3. The Morgan fingerprint density at radius 2 is 2.06 bits per heavy atom. The predicted molar refractivity (Wildman–Crippen MR) is 68.9 cm³/mol. The van der Waals surface area contributed by atoms with Crippen LogP contribution in [-0.2, 0) is 6.54 Å². The molecule has 2 rings (SSSR count). The number of aromatic nitrogens is 1. The van der Waals surface area contributed by atoms with E-state index >= 15 is 0 Å². The number of hydrogen-bond acceptors (Lipinski definition) is 3. The van der Waals surface area contributed by atoms with Gasteiger partial charge in [0.25, 0.3) is 0 Å². The van der Waals surface area contributed by atoms with Gasteiger partial charge in [-0.2, -0.15) is 0 Å². The number of rotatable bonds is 3. The van der Waals surface area contributed by atoms with Crippen LogP contribution in [0.1, 0.15) is 11.1 Å². The molecule has 0 aliphatic carbocycles. The van der Waals surface area contributed by atoms with Crippen LogP contribution in [0.4, 0.5) is 0 Å². The van der Waals surface area contributed by atoms with Gasteiger partial charge >= 0.3 is 0 Å². The van der Waals surface area contributed by atoms with Crippen molar-refractivity contribution in [2.75, 3.05) is 7.11 Å². The van der Waals surface area contributed by atoms with Gasteiger partial charge in [0.15, 0.2) is 0 Å². The molecule has 0 unspecified atom stereocenters. The van der Waals surface area contributed by atoms with E-state index in [4.69, 9.17) is 10.5 Å². The van der Waals surface area contributed by atoms with Crippen LogP contribution in [-0.4, -0.2) is 12.1 Å². The van der Waals surface area contributed by atoms with Crippen LogP contribution in [0.25, 0.3) is 11.1 Å². The average molecular weight is 228 g/mol. The molecule has 0 saturated carbocycles. The van der Waals surface area contributed by atoms with E-state index in [1.54, 1.807) is 13.3 Å². The van der Waals surface area contributed by atoms with Crippen LogP contribution in [0.5, 0.6) is 5.88 Å². The molecule has 0 saturated heterocycles. The highest BCUT2D eigenvalue weighted by atomic mass is 16.5. The van der Waals surface area contributed by atoms with Crippen molar-refractivity contribution in [1.29, 1.82) is 0 Å². The highest BCUT2D eigenvalue weighted by Crippen LogP contribution is 2.26. The molecule has 2 aromatic rings. The van der Waals surface area contributed by atoms with E-state index in [2.05, 4.69) is 30.1 Å². The Morgan fingerprint density at radius 3 is 2.76 bits per heavy atom. The fraction of sp³-hybridized carbons (Fsp3) is 0.214. The molecule has 0 bridgehead atoms. The zero-order valence-electron chi connectivity index (χ0n) is 10.1. The third-order valence-electron chi connectivity index (χ3n) is 2.79. The molecule has 1 heterocycles. The lowest BCUT2D eigenvalue weighted by molar-refractivity contribution is 0.398. The zero-order valence-corrected chi connectivity index (χ0v) is 10.1. The van der Waals surface area contributed by atoms with E-state index in [1.807, 2.05) is 12.1 Å². The van der Waals surface area contributed by atoms with E-state index in [-0.39, 0.29) is 0 Å². The van der Waals surface area contributed by atoms with Gasteiger partial charge in [-0.05, 0) is 41.3 Å². The molecule has 0 radical (unpaired) electrons. The average Bonchev–Trinajstić information content (AvgIpc) is 2.39. The van der Waals surface area contributed by atoms with Crippen molar-refractivity contribution >= 4 is 0 Å². The second-order valence-corrected chi connectivity index (χ2v) is 3.94. The lowest BCUT2D eigenvalue weighted by Crippen LogP contribution is -1.97. The lowest BCUT2D eigenvalue weighted by atomic mass is 9.99. The van der Waals surface area contributed by atoms with Gasteiger partial charge in [-0.3, -0.25) is 0 Å². The van der Waals surface area contributed by atoms with Crippen molar-refractivity contribution in [3.63, 3.8) is 0 Å². The molecule has 3 heteroatoms. The predicted octanol–water partition coefficient (Wildman–Crippen LogP) is 2.52. The molecule has 0 aliphatic heterocycles. The maximum absolute atomic E-state index is 5.67. The number of aryl methyl sites for hydroxylation is 1. The number of benzene rings is 1. The molecule has 0 fully saturated rings. The summed E-state index contributed by atoms with van der Waals surface area (Å²) < 4.78 is 5.14. The molecule has 0 amide bonds. The minimum Gasteiger partial charge on any atom is -0.481 e. The second-order valence-electron chi connectivity index (χ2n) is 3.94. The molecule has 0 aliphatic rings. The SMILES string of the molecule is COc1cc(-c2cc(CN)ccc2C)ccn1. The van der Waals surface area contributed by atoms with Crippen LogP contribution in [0.2, 0.25) is 0 Å². The fourth-order valence-electron chi connectivity index (χ4n) is 1.80. The van der Waals surface area contributed by atoms with Gasteiger partial charge in [0, 0.05) is 18.8 Å². The van der Waals surface area contributed by atoms with Crippen molar-refractivity contribution in [3.05, 3.63) is 47.7 Å². The summed E-state index contributed by atoms with van der Waals surface area (Å²) in [5, 5.41) is 0. The first-order chi connectivity index (χ1) is 8.24. The van der Waals surface area contributed by atoms with Gasteiger partial charge in [-0.1, -0.05) is 12.1 Å². The molecular formula is C14H16N2O.